The molecule has 4 heteroatoms. The molecule has 0 radical (unpaired) electrons. The van der Waals surface area contributed by atoms with Crippen LogP contribution < -0.4 is 10.6 Å². The molecular formula is C13H25N3O. The number of nitrogens with zero attached hydrogens (tertiary/aromatic N) is 1. The van der Waals surface area contributed by atoms with E-state index in [0.717, 1.165) is 6.54 Å². The fourth-order valence-corrected chi connectivity index (χ4v) is 2.67. The first-order valence-corrected chi connectivity index (χ1v) is 6.80. The third-order valence-electron chi connectivity index (χ3n) is 4.23. The molecule has 2 aliphatic rings. The van der Waals surface area contributed by atoms with Crippen molar-refractivity contribution in [2.75, 3.05) is 27.2 Å². The summed E-state index contributed by atoms with van der Waals surface area (Å²) in [5, 5.41) is 6.33. The van der Waals surface area contributed by atoms with Gasteiger partial charge in [0.25, 0.3) is 0 Å². The van der Waals surface area contributed by atoms with E-state index in [1.54, 1.807) is 0 Å². The number of carbonyl (C=O) groups is 1. The number of hydrogen-bond acceptors (Lipinski definition) is 3. The number of carbonyl (C=O) groups excluding carboxylic acids is 1. The van der Waals surface area contributed by atoms with Gasteiger partial charge in [-0.25, -0.2) is 0 Å². The molecule has 2 fully saturated rings. The van der Waals surface area contributed by atoms with Crippen LogP contribution in [0.1, 0.15) is 38.5 Å². The van der Waals surface area contributed by atoms with E-state index >= 15 is 0 Å². The molecule has 0 heterocycles. The molecule has 2 rings (SSSR count). The molecule has 2 saturated carbocycles. The molecular weight excluding hydrogens is 214 g/mol. The average Bonchev–Trinajstić information content (AvgIpc) is 3.00. The quantitative estimate of drug-likeness (QED) is 0.718. The van der Waals surface area contributed by atoms with Gasteiger partial charge in [-0.2, -0.15) is 0 Å². The highest BCUT2D eigenvalue weighted by Crippen LogP contribution is 2.32. The summed E-state index contributed by atoms with van der Waals surface area (Å²) in [6.07, 6.45) is 7.44. The Hall–Kier alpha value is -0.610. The highest BCUT2D eigenvalue weighted by Gasteiger charge is 2.36. The van der Waals surface area contributed by atoms with Crippen LogP contribution in [0.15, 0.2) is 0 Å². The van der Waals surface area contributed by atoms with E-state index in [-0.39, 0.29) is 11.4 Å². The predicted molar refractivity (Wildman–Crippen MR) is 68.9 cm³/mol. The Labute approximate surface area is 104 Å². The minimum atomic E-state index is 0.144. The lowest BCUT2D eigenvalue weighted by Gasteiger charge is -2.36. The maximum atomic E-state index is 11.7. The van der Waals surface area contributed by atoms with E-state index in [9.17, 15) is 4.79 Å². The van der Waals surface area contributed by atoms with Crippen molar-refractivity contribution in [1.82, 2.24) is 15.5 Å². The summed E-state index contributed by atoms with van der Waals surface area (Å²) in [6, 6.07) is 0.607. The minimum Gasteiger partial charge on any atom is -0.353 e. The maximum absolute atomic E-state index is 11.7. The number of rotatable bonds is 6. The number of hydrogen-bond donors (Lipinski definition) is 2. The maximum Gasteiger partial charge on any atom is 0.234 e. The van der Waals surface area contributed by atoms with E-state index in [1.165, 1.54) is 38.5 Å². The van der Waals surface area contributed by atoms with Crippen LogP contribution in [0, 0.1) is 0 Å². The lowest BCUT2D eigenvalue weighted by molar-refractivity contribution is -0.120. The van der Waals surface area contributed by atoms with Gasteiger partial charge in [0, 0.05) is 18.1 Å². The van der Waals surface area contributed by atoms with Crippen molar-refractivity contribution >= 4 is 5.91 Å². The summed E-state index contributed by atoms with van der Waals surface area (Å²) in [7, 11) is 4.25. The van der Waals surface area contributed by atoms with Gasteiger partial charge in [-0.05, 0) is 39.8 Å². The molecule has 17 heavy (non-hydrogen) atoms. The van der Waals surface area contributed by atoms with E-state index < -0.39 is 0 Å². The summed E-state index contributed by atoms with van der Waals surface area (Å²) in [5.74, 6) is 0.144. The molecule has 0 unspecified atom stereocenters. The Morgan fingerprint density at radius 3 is 2.47 bits per heavy atom. The second kappa shape index (κ2) is 5.36. The van der Waals surface area contributed by atoms with Crippen LogP contribution >= 0.6 is 0 Å². The Kier molecular flexibility index (Phi) is 4.05. The first-order chi connectivity index (χ1) is 8.12. The van der Waals surface area contributed by atoms with Crippen molar-refractivity contribution in [3.63, 3.8) is 0 Å². The van der Waals surface area contributed by atoms with Gasteiger partial charge in [0.1, 0.15) is 0 Å². The van der Waals surface area contributed by atoms with Crippen molar-refractivity contribution in [2.45, 2.75) is 50.1 Å². The molecule has 0 aromatic rings. The van der Waals surface area contributed by atoms with E-state index in [1.807, 2.05) is 0 Å². The zero-order valence-corrected chi connectivity index (χ0v) is 11.1. The SMILES string of the molecule is CN(C)C1(CNC(=O)CNC2CC2)CCCC1. The van der Waals surface area contributed by atoms with E-state index in [0.29, 0.717) is 12.6 Å². The lowest BCUT2D eigenvalue weighted by Crippen LogP contribution is -2.52. The third kappa shape index (κ3) is 3.42. The van der Waals surface area contributed by atoms with Gasteiger partial charge in [-0.15, -0.1) is 0 Å². The first-order valence-electron chi connectivity index (χ1n) is 6.80. The van der Waals surface area contributed by atoms with Crippen LogP contribution in [0.3, 0.4) is 0 Å². The average molecular weight is 239 g/mol. The molecule has 2 aliphatic carbocycles. The largest absolute Gasteiger partial charge is 0.353 e. The zero-order chi connectivity index (χ0) is 12.3. The Morgan fingerprint density at radius 1 is 1.29 bits per heavy atom. The molecule has 2 N–H and O–H groups in total. The number of nitrogens with one attached hydrogen (secondary N) is 2. The third-order valence-corrected chi connectivity index (χ3v) is 4.23. The topological polar surface area (TPSA) is 44.4 Å². The molecule has 0 aromatic heterocycles. The zero-order valence-electron chi connectivity index (χ0n) is 11.1. The van der Waals surface area contributed by atoms with Crippen molar-refractivity contribution < 1.29 is 4.79 Å². The summed E-state index contributed by atoms with van der Waals surface area (Å²) in [4.78, 5) is 14.0. The second-order valence-corrected chi connectivity index (χ2v) is 5.76. The first kappa shape index (κ1) is 12.8. The van der Waals surface area contributed by atoms with E-state index in [2.05, 4.69) is 29.6 Å². The van der Waals surface area contributed by atoms with Gasteiger partial charge in [-0.1, -0.05) is 12.8 Å². The second-order valence-electron chi connectivity index (χ2n) is 5.76. The smallest absolute Gasteiger partial charge is 0.234 e. The van der Waals surface area contributed by atoms with Crippen LogP contribution in [0.25, 0.3) is 0 Å². The monoisotopic (exact) mass is 239 g/mol. The summed E-state index contributed by atoms with van der Waals surface area (Å²) in [5.41, 5.74) is 0.204. The number of likely N-dealkylation sites (N-methyl/N-ethyl adjacent to an activating group) is 1. The molecule has 98 valence electrons. The Balaban J connectivity index is 1.72. The van der Waals surface area contributed by atoms with Crippen LogP contribution in [-0.2, 0) is 4.79 Å². The molecule has 0 bridgehead atoms. The lowest BCUT2D eigenvalue weighted by atomic mass is 9.96. The van der Waals surface area contributed by atoms with Crippen molar-refractivity contribution in [3.05, 3.63) is 0 Å². The molecule has 1 amide bonds. The van der Waals surface area contributed by atoms with Crippen molar-refractivity contribution in [2.24, 2.45) is 0 Å². The van der Waals surface area contributed by atoms with Gasteiger partial charge in [0.2, 0.25) is 5.91 Å². The van der Waals surface area contributed by atoms with Crippen LogP contribution in [0.4, 0.5) is 0 Å². The summed E-state index contributed by atoms with van der Waals surface area (Å²) in [6.45, 7) is 1.28. The van der Waals surface area contributed by atoms with Gasteiger partial charge >= 0.3 is 0 Å². The van der Waals surface area contributed by atoms with Gasteiger partial charge in [0.05, 0.1) is 6.54 Å². The van der Waals surface area contributed by atoms with Crippen LogP contribution in [0.2, 0.25) is 0 Å². The Morgan fingerprint density at radius 2 is 1.94 bits per heavy atom. The van der Waals surface area contributed by atoms with Gasteiger partial charge < -0.3 is 15.5 Å². The molecule has 0 aromatic carbocycles. The predicted octanol–water partition coefficient (Wildman–Crippen LogP) is 0.729. The number of amides is 1. The standard InChI is InChI=1S/C13H25N3O/c1-16(2)13(7-3-4-8-13)10-15-12(17)9-14-11-5-6-11/h11,14H,3-10H2,1-2H3,(H,15,17). The highest BCUT2D eigenvalue weighted by atomic mass is 16.1. The molecule has 4 nitrogen and oxygen atoms in total. The Bertz CT molecular complexity index is 268. The van der Waals surface area contributed by atoms with Crippen molar-refractivity contribution in [3.8, 4) is 0 Å². The molecule has 0 spiro atoms. The minimum absolute atomic E-state index is 0.144. The highest BCUT2D eigenvalue weighted by molar-refractivity contribution is 5.78. The normalized spacial score (nSPS) is 23.0. The fraction of sp³-hybridized carbons (Fsp3) is 0.923. The summed E-state index contributed by atoms with van der Waals surface area (Å²) >= 11 is 0. The van der Waals surface area contributed by atoms with E-state index in [4.69, 9.17) is 0 Å². The van der Waals surface area contributed by atoms with Crippen molar-refractivity contribution in [1.29, 1.82) is 0 Å². The molecule has 0 aliphatic heterocycles. The fourth-order valence-electron chi connectivity index (χ4n) is 2.67. The van der Waals surface area contributed by atoms with Crippen LogP contribution in [0.5, 0.6) is 0 Å². The van der Waals surface area contributed by atoms with Gasteiger partial charge in [-0.3, -0.25) is 4.79 Å². The summed E-state index contributed by atoms with van der Waals surface area (Å²) < 4.78 is 0. The molecule has 0 saturated heterocycles. The van der Waals surface area contributed by atoms with Crippen LogP contribution in [-0.4, -0.2) is 49.6 Å². The van der Waals surface area contributed by atoms with Gasteiger partial charge in [0.15, 0.2) is 0 Å². The molecule has 0 atom stereocenters.